The van der Waals surface area contributed by atoms with Crippen LogP contribution in [0.3, 0.4) is 0 Å². The van der Waals surface area contributed by atoms with Crippen LogP contribution in [0.2, 0.25) is 0 Å². The summed E-state index contributed by atoms with van der Waals surface area (Å²) in [7, 11) is 1.64. The molecular weight excluding hydrogens is 340 g/mol. The number of allylic oxidation sites excluding steroid dienone is 2. The lowest BCUT2D eigenvalue weighted by molar-refractivity contribution is 0.0516. The van der Waals surface area contributed by atoms with Crippen molar-refractivity contribution in [1.82, 2.24) is 0 Å². The van der Waals surface area contributed by atoms with Gasteiger partial charge in [-0.05, 0) is 29.7 Å². The Morgan fingerprint density at radius 3 is 2.41 bits per heavy atom. The number of ether oxygens (including phenoxy) is 2. The van der Waals surface area contributed by atoms with Crippen molar-refractivity contribution in [2.75, 3.05) is 13.7 Å². The topological polar surface area (TPSA) is 58.9 Å². The Hall–Kier alpha value is -2.40. The SMILES string of the molecule is COc1ccc(COCC[C@@H](O)C[C@H](O)/C=C/C=C/c2ccccc2)cc1. The van der Waals surface area contributed by atoms with E-state index in [1.807, 2.05) is 66.7 Å². The Labute approximate surface area is 161 Å². The third kappa shape index (κ3) is 8.69. The molecule has 0 fully saturated rings. The van der Waals surface area contributed by atoms with Crippen molar-refractivity contribution in [3.05, 3.63) is 84.0 Å². The van der Waals surface area contributed by atoms with Crippen molar-refractivity contribution in [3.8, 4) is 5.75 Å². The molecule has 0 heterocycles. The molecule has 0 unspecified atom stereocenters. The Bertz CT molecular complexity index is 692. The first kappa shape index (κ1) is 20.9. The molecule has 0 saturated heterocycles. The zero-order chi connectivity index (χ0) is 19.3. The van der Waals surface area contributed by atoms with Crippen LogP contribution in [-0.2, 0) is 11.3 Å². The maximum Gasteiger partial charge on any atom is 0.118 e. The molecule has 0 aliphatic carbocycles. The fourth-order valence-corrected chi connectivity index (χ4v) is 2.53. The Morgan fingerprint density at radius 2 is 1.70 bits per heavy atom. The molecule has 0 aliphatic rings. The van der Waals surface area contributed by atoms with E-state index in [1.165, 1.54) is 0 Å². The van der Waals surface area contributed by atoms with Gasteiger partial charge in [0.25, 0.3) is 0 Å². The van der Waals surface area contributed by atoms with E-state index in [4.69, 9.17) is 9.47 Å². The summed E-state index contributed by atoms with van der Waals surface area (Å²) >= 11 is 0. The van der Waals surface area contributed by atoms with Gasteiger partial charge in [-0.25, -0.2) is 0 Å². The molecule has 4 nitrogen and oxygen atoms in total. The number of aliphatic hydroxyl groups is 2. The molecule has 2 rings (SSSR count). The average molecular weight is 368 g/mol. The van der Waals surface area contributed by atoms with Crippen LogP contribution in [0.15, 0.2) is 72.8 Å². The first-order valence-electron chi connectivity index (χ1n) is 9.14. The molecule has 0 amide bonds. The largest absolute Gasteiger partial charge is 0.497 e. The lowest BCUT2D eigenvalue weighted by Gasteiger charge is -2.13. The highest BCUT2D eigenvalue weighted by atomic mass is 16.5. The van der Waals surface area contributed by atoms with Crippen LogP contribution in [-0.4, -0.2) is 36.1 Å². The monoisotopic (exact) mass is 368 g/mol. The van der Waals surface area contributed by atoms with Crippen molar-refractivity contribution in [2.24, 2.45) is 0 Å². The number of hydrogen-bond acceptors (Lipinski definition) is 4. The molecule has 2 N–H and O–H groups in total. The third-order valence-corrected chi connectivity index (χ3v) is 4.07. The highest BCUT2D eigenvalue weighted by Gasteiger charge is 2.09. The van der Waals surface area contributed by atoms with Gasteiger partial charge in [-0.1, -0.05) is 66.8 Å². The van der Waals surface area contributed by atoms with Crippen molar-refractivity contribution >= 4 is 6.08 Å². The Balaban J connectivity index is 1.60. The summed E-state index contributed by atoms with van der Waals surface area (Å²) in [4.78, 5) is 0. The molecule has 2 atom stereocenters. The molecule has 0 spiro atoms. The highest BCUT2D eigenvalue weighted by molar-refractivity contribution is 5.50. The molecule has 0 bridgehead atoms. The molecule has 27 heavy (non-hydrogen) atoms. The number of rotatable bonds is 11. The van der Waals surface area contributed by atoms with Gasteiger partial charge < -0.3 is 19.7 Å². The van der Waals surface area contributed by atoms with Gasteiger partial charge in [-0.3, -0.25) is 0 Å². The van der Waals surface area contributed by atoms with Crippen LogP contribution in [0, 0.1) is 0 Å². The lowest BCUT2D eigenvalue weighted by atomic mass is 10.1. The number of methoxy groups -OCH3 is 1. The summed E-state index contributed by atoms with van der Waals surface area (Å²) in [5.41, 5.74) is 2.16. The van der Waals surface area contributed by atoms with Crippen molar-refractivity contribution in [2.45, 2.75) is 31.7 Å². The highest BCUT2D eigenvalue weighted by Crippen LogP contribution is 2.12. The molecule has 0 radical (unpaired) electrons. The minimum Gasteiger partial charge on any atom is -0.497 e. The van der Waals surface area contributed by atoms with Gasteiger partial charge in [0.05, 0.1) is 25.9 Å². The second-order valence-electron chi connectivity index (χ2n) is 6.30. The first-order chi connectivity index (χ1) is 13.2. The maximum absolute atomic E-state index is 10.0. The minimum absolute atomic E-state index is 0.293. The quantitative estimate of drug-likeness (QED) is 0.465. The summed E-state index contributed by atoms with van der Waals surface area (Å²) in [5, 5.41) is 20.0. The smallest absolute Gasteiger partial charge is 0.118 e. The van der Waals surface area contributed by atoms with E-state index in [0.717, 1.165) is 16.9 Å². The first-order valence-corrected chi connectivity index (χ1v) is 9.14. The predicted octanol–water partition coefficient (Wildman–Crippen LogP) is 3.98. The summed E-state index contributed by atoms with van der Waals surface area (Å²) in [6.07, 6.45) is 6.82. The van der Waals surface area contributed by atoms with Gasteiger partial charge in [0, 0.05) is 13.0 Å². The van der Waals surface area contributed by atoms with Crippen LogP contribution in [0.4, 0.5) is 0 Å². The van der Waals surface area contributed by atoms with Gasteiger partial charge in [0.15, 0.2) is 0 Å². The molecule has 4 heteroatoms. The second-order valence-corrected chi connectivity index (χ2v) is 6.30. The summed E-state index contributed by atoms with van der Waals surface area (Å²) < 4.78 is 10.7. The Morgan fingerprint density at radius 1 is 0.963 bits per heavy atom. The maximum atomic E-state index is 10.0. The van der Waals surface area contributed by atoms with E-state index in [2.05, 4.69) is 0 Å². The Kier molecular flexibility index (Phi) is 9.35. The molecule has 2 aromatic rings. The normalized spacial score (nSPS) is 13.9. The molecule has 0 saturated carbocycles. The van der Waals surface area contributed by atoms with Crippen molar-refractivity contribution < 1.29 is 19.7 Å². The van der Waals surface area contributed by atoms with E-state index in [-0.39, 0.29) is 0 Å². The predicted molar refractivity (Wildman–Crippen MR) is 109 cm³/mol. The van der Waals surface area contributed by atoms with Gasteiger partial charge in [-0.15, -0.1) is 0 Å². The number of hydrogen-bond donors (Lipinski definition) is 2. The molecule has 0 aliphatic heterocycles. The average Bonchev–Trinajstić information content (AvgIpc) is 2.70. The number of aliphatic hydroxyl groups excluding tert-OH is 2. The van der Waals surface area contributed by atoms with Crippen LogP contribution in [0.25, 0.3) is 6.08 Å². The molecule has 0 aromatic heterocycles. The van der Waals surface area contributed by atoms with Crippen LogP contribution < -0.4 is 4.74 Å². The fraction of sp³-hybridized carbons (Fsp3) is 0.304. The van der Waals surface area contributed by atoms with Gasteiger partial charge in [0.1, 0.15) is 5.75 Å². The van der Waals surface area contributed by atoms with Crippen LogP contribution in [0.1, 0.15) is 24.0 Å². The van der Waals surface area contributed by atoms with Crippen molar-refractivity contribution in [1.29, 1.82) is 0 Å². The third-order valence-electron chi connectivity index (χ3n) is 4.07. The molecule has 2 aromatic carbocycles. The van der Waals surface area contributed by atoms with E-state index in [0.29, 0.717) is 26.1 Å². The summed E-state index contributed by atoms with van der Waals surface area (Å²) in [6, 6.07) is 17.6. The zero-order valence-corrected chi connectivity index (χ0v) is 15.7. The van der Waals surface area contributed by atoms with Gasteiger partial charge in [0.2, 0.25) is 0 Å². The lowest BCUT2D eigenvalue weighted by Crippen LogP contribution is -2.17. The van der Waals surface area contributed by atoms with Crippen LogP contribution in [0.5, 0.6) is 5.75 Å². The van der Waals surface area contributed by atoms with Gasteiger partial charge in [-0.2, -0.15) is 0 Å². The zero-order valence-electron chi connectivity index (χ0n) is 15.7. The van der Waals surface area contributed by atoms with Crippen LogP contribution >= 0.6 is 0 Å². The summed E-state index contributed by atoms with van der Waals surface area (Å²) in [6.45, 7) is 0.932. The van der Waals surface area contributed by atoms with E-state index in [9.17, 15) is 10.2 Å². The van der Waals surface area contributed by atoms with Crippen molar-refractivity contribution in [3.63, 3.8) is 0 Å². The number of benzene rings is 2. The molecular formula is C23H28O4. The van der Waals surface area contributed by atoms with E-state index in [1.54, 1.807) is 19.3 Å². The second kappa shape index (κ2) is 12.1. The van der Waals surface area contributed by atoms with E-state index >= 15 is 0 Å². The standard InChI is InChI=1S/C23H28O4/c1-26-23-13-11-20(12-14-23)18-27-16-15-22(25)17-21(24)10-6-5-9-19-7-3-2-4-8-19/h2-14,21-22,24-25H,15-18H2,1H3/b9-5+,10-6+/t21-,22-/m1/s1. The fourth-order valence-electron chi connectivity index (χ4n) is 2.53. The minimum atomic E-state index is -0.679. The van der Waals surface area contributed by atoms with E-state index < -0.39 is 12.2 Å². The van der Waals surface area contributed by atoms with Gasteiger partial charge >= 0.3 is 0 Å². The summed E-state index contributed by atoms with van der Waals surface area (Å²) in [5.74, 6) is 0.815. The molecule has 144 valence electrons.